The van der Waals surface area contributed by atoms with Gasteiger partial charge < -0.3 is 0 Å². The maximum absolute atomic E-state index is 2.23. The number of thiophene rings is 1. The molecule has 14 heavy (non-hydrogen) atoms. The molecule has 0 N–H and O–H groups in total. The molecule has 2 aromatic rings. The van der Waals surface area contributed by atoms with Crippen molar-refractivity contribution in [2.24, 2.45) is 0 Å². The van der Waals surface area contributed by atoms with Gasteiger partial charge in [-0.15, -0.1) is 0 Å². The summed E-state index contributed by atoms with van der Waals surface area (Å²) >= 11 is 1.75. The number of aryl methyl sites for hydroxylation is 1. The van der Waals surface area contributed by atoms with E-state index in [9.17, 15) is 0 Å². The van der Waals surface area contributed by atoms with Gasteiger partial charge >= 0.3 is 0 Å². The Kier molecular flexibility index (Phi) is 3.00. The molecular formula is C13H14S. The Hall–Kier alpha value is -1.08. The van der Waals surface area contributed by atoms with Crippen molar-refractivity contribution in [3.05, 3.63) is 46.7 Å². The standard InChI is InChI=1S/C13H14S/c1-2-3-11-4-6-12(7-5-11)13-8-9-14-10-13/h4-10H,2-3H2,1H3. The van der Waals surface area contributed by atoms with Crippen LogP contribution in [0, 0.1) is 0 Å². The van der Waals surface area contributed by atoms with E-state index in [1.54, 1.807) is 11.3 Å². The number of benzene rings is 1. The highest BCUT2D eigenvalue weighted by atomic mass is 32.1. The lowest BCUT2D eigenvalue weighted by Gasteiger charge is -2.00. The van der Waals surface area contributed by atoms with Gasteiger partial charge in [-0.3, -0.25) is 0 Å². The maximum Gasteiger partial charge on any atom is -0.00147 e. The van der Waals surface area contributed by atoms with Crippen LogP contribution in [0.1, 0.15) is 18.9 Å². The van der Waals surface area contributed by atoms with Gasteiger partial charge in [-0.05, 0) is 39.9 Å². The van der Waals surface area contributed by atoms with E-state index in [1.165, 1.54) is 29.5 Å². The van der Waals surface area contributed by atoms with Crippen LogP contribution >= 0.6 is 11.3 Å². The minimum Gasteiger partial charge on any atom is -0.152 e. The Morgan fingerprint density at radius 3 is 2.36 bits per heavy atom. The molecule has 1 aromatic carbocycles. The van der Waals surface area contributed by atoms with Crippen LogP contribution in [0.5, 0.6) is 0 Å². The summed E-state index contributed by atoms with van der Waals surface area (Å²) in [6.45, 7) is 2.22. The van der Waals surface area contributed by atoms with Crippen LogP contribution in [0.4, 0.5) is 0 Å². The average molecular weight is 202 g/mol. The van der Waals surface area contributed by atoms with Gasteiger partial charge in [0, 0.05) is 0 Å². The fourth-order valence-corrected chi connectivity index (χ4v) is 2.25. The maximum atomic E-state index is 2.23. The minimum absolute atomic E-state index is 1.18. The molecule has 72 valence electrons. The highest BCUT2D eigenvalue weighted by molar-refractivity contribution is 7.08. The molecule has 1 aromatic heterocycles. The van der Waals surface area contributed by atoms with E-state index >= 15 is 0 Å². The Balaban J connectivity index is 2.22. The van der Waals surface area contributed by atoms with Crippen molar-refractivity contribution in [2.75, 3.05) is 0 Å². The largest absolute Gasteiger partial charge is 0.152 e. The van der Waals surface area contributed by atoms with Crippen LogP contribution < -0.4 is 0 Å². The molecule has 0 saturated heterocycles. The van der Waals surface area contributed by atoms with Crippen LogP contribution in [0.25, 0.3) is 11.1 Å². The van der Waals surface area contributed by atoms with E-state index in [1.807, 2.05) is 0 Å². The lowest BCUT2D eigenvalue weighted by atomic mass is 10.0. The minimum atomic E-state index is 1.18. The van der Waals surface area contributed by atoms with Crippen molar-refractivity contribution >= 4 is 11.3 Å². The predicted molar refractivity (Wildman–Crippen MR) is 63.8 cm³/mol. The Labute approximate surface area is 89.2 Å². The summed E-state index contributed by atoms with van der Waals surface area (Å²) in [5.74, 6) is 0. The molecule has 0 unspecified atom stereocenters. The lowest BCUT2D eigenvalue weighted by molar-refractivity contribution is 0.922. The third-order valence-electron chi connectivity index (χ3n) is 2.35. The molecule has 0 spiro atoms. The van der Waals surface area contributed by atoms with E-state index in [4.69, 9.17) is 0 Å². The summed E-state index contributed by atoms with van der Waals surface area (Å²) in [4.78, 5) is 0. The predicted octanol–water partition coefficient (Wildman–Crippen LogP) is 4.37. The Morgan fingerprint density at radius 1 is 1.00 bits per heavy atom. The van der Waals surface area contributed by atoms with Crippen LogP contribution in [0.3, 0.4) is 0 Å². The van der Waals surface area contributed by atoms with Crippen LogP contribution in [0.15, 0.2) is 41.1 Å². The summed E-state index contributed by atoms with van der Waals surface area (Å²) in [5, 5.41) is 4.31. The monoisotopic (exact) mass is 202 g/mol. The van der Waals surface area contributed by atoms with E-state index < -0.39 is 0 Å². The zero-order chi connectivity index (χ0) is 9.80. The fraction of sp³-hybridized carbons (Fsp3) is 0.231. The highest BCUT2D eigenvalue weighted by Gasteiger charge is 1.97. The van der Waals surface area contributed by atoms with Crippen molar-refractivity contribution in [2.45, 2.75) is 19.8 Å². The summed E-state index contributed by atoms with van der Waals surface area (Å²) in [6, 6.07) is 11.1. The molecule has 0 aliphatic carbocycles. The Morgan fingerprint density at radius 2 is 1.79 bits per heavy atom. The summed E-state index contributed by atoms with van der Waals surface area (Å²) in [6.07, 6.45) is 2.40. The third-order valence-corrected chi connectivity index (χ3v) is 3.03. The topological polar surface area (TPSA) is 0 Å². The smallest absolute Gasteiger partial charge is 0.00147 e. The lowest BCUT2D eigenvalue weighted by Crippen LogP contribution is -1.82. The van der Waals surface area contributed by atoms with Gasteiger partial charge in [0.25, 0.3) is 0 Å². The van der Waals surface area contributed by atoms with Gasteiger partial charge in [0.1, 0.15) is 0 Å². The fourth-order valence-electron chi connectivity index (χ4n) is 1.58. The second-order valence-corrected chi connectivity index (χ2v) is 4.24. The molecule has 0 fully saturated rings. The normalized spacial score (nSPS) is 10.4. The third kappa shape index (κ3) is 2.05. The molecule has 0 aliphatic heterocycles. The van der Waals surface area contributed by atoms with Gasteiger partial charge in [0.15, 0.2) is 0 Å². The van der Waals surface area contributed by atoms with Gasteiger partial charge in [-0.1, -0.05) is 37.6 Å². The first-order valence-electron chi connectivity index (χ1n) is 5.01. The molecule has 1 heteroatoms. The van der Waals surface area contributed by atoms with Crippen molar-refractivity contribution in [3.8, 4) is 11.1 Å². The first kappa shape index (κ1) is 9.47. The zero-order valence-electron chi connectivity index (χ0n) is 8.36. The number of hydrogen-bond donors (Lipinski definition) is 0. The molecule has 0 atom stereocenters. The Bertz CT molecular complexity index is 370. The molecule has 0 amide bonds. The molecule has 0 saturated carbocycles. The SMILES string of the molecule is CCCc1ccc(-c2ccsc2)cc1. The molecule has 0 bridgehead atoms. The molecule has 1 heterocycles. The molecule has 2 rings (SSSR count). The summed E-state index contributed by atoms with van der Waals surface area (Å²) in [5.41, 5.74) is 4.09. The molecule has 0 nitrogen and oxygen atoms in total. The average Bonchev–Trinajstić information content (AvgIpc) is 2.72. The highest BCUT2D eigenvalue weighted by Crippen LogP contribution is 2.22. The molecular weight excluding hydrogens is 188 g/mol. The summed E-state index contributed by atoms with van der Waals surface area (Å²) in [7, 11) is 0. The molecule has 0 radical (unpaired) electrons. The van der Waals surface area contributed by atoms with Crippen molar-refractivity contribution in [1.29, 1.82) is 0 Å². The zero-order valence-corrected chi connectivity index (χ0v) is 9.18. The van der Waals surface area contributed by atoms with E-state index in [2.05, 4.69) is 48.0 Å². The quantitative estimate of drug-likeness (QED) is 0.693. The van der Waals surface area contributed by atoms with Gasteiger partial charge in [-0.25, -0.2) is 0 Å². The second kappa shape index (κ2) is 4.43. The van der Waals surface area contributed by atoms with E-state index in [-0.39, 0.29) is 0 Å². The van der Waals surface area contributed by atoms with E-state index in [0.717, 1.165) is 0 Å². The van der Waals surface area contributed by atoms with Crippen molar-refractivity contribution in [3.63, 3.8) is 0 Å². The van der Waals surface area contributed by atoms with E-state index in [0.29, 0.717) is 0 Å². The van der Waals surface area contributed by atoms with Crippen LogP contribution in [0.2, 0.25) is 0 Å². The van der Waals surface area contributed by atoms with Crippen LogP contribution in [-0.4, -0.2) is 0 Å². The van der Waals surface area contributed by atoms with Crippen LogP contribution in [-0.2, 0) is 6.42 Å². The summed E-state index contributed by atoms with van der Waals surface area (Å²) < 4.78 is 0. The number of rotatable bonds is 3. The number of hydrogen-bond acceptors (Lipinski definition) is 1. The second-order valence-electron chi connectivity index (χ2n) is 3.46. The van der Waals surface area contributed by atoms with Gasteiger partial charge in [0.05, 0.1) is 0 Å². The van der Waals surface area contributed by atoms with Gasteiger partial charge in [-0.2, -0.15) is 11.3 Å². The molecule has 0 aliphatic rings. The van der Waals surface area contributed by atoms with Gasteiger partial charge in [0.2, 0.25) is 0 Å². The first-order chi connectivity index (χ1) is 6.90. The first-order valence-corrected chi connectivity index (χ1v) is 5.96. The van der Waals surface area contributed by atoms with Crippen molar-refractivity contribution in [1.82, 2.24) is 0 Å². The van der Waals surface area contributed by atoms with Crippen molar-refractivity contribution < 1.29 is 0 Å².